The number of fused-ring (bicyclic) bond motifs is 3. The number of piperidine rings is 1. The van der Waals surface area contributed by atoms with Gasteiger partial charge in [0.15, 0.2) is 5.16 Å². The molecular formula is C19H23N5O2S. The Bertz CT molecular complexity index is 1060. The highest BCUT2D eigenvalue weighted by Gasteiger charge is 2.24. The zero-order chi connectivity index (χ0) is 19.0. The van der Waals surface area contributed by atoms with Gasteiger partial charge in [0.1, 0.15) is 0 Å². The summed E-state index contributed by atoms with van der Waals surface area (Å²) in [4.78, 5) is 27.4. The van der Waals surface area contributed by atoms with Crippen molar-refractivity contribution in [1.82, 2.24) is 24.1 Å². The Hall–Kier alpha value is -2.35. The third kappa shape index (κ3) is 3.12. The Morgan fingerprint density at radius 2 is 2.07 bits per heavy atom. The average Bonchev–Trinajstić information content (AvgIpc) is 3.11. The molecule has 27 heavy (non-hydrogen) atoms. The van der Waals surface area contributed by atoms with Gasteiger partial charge in [-0.1, -0.05) is 23.9 Å². The molecule has 1 aromatic carbocycles. The van der Waals surface area contributed by atoms with Gasteiger partial charge in [0.2, 0.25) is 11.7 Å². The van der Waals surface area contributed by atoms with Crippen molar-refractivity contribution in [3.8, 4) is 0 Å². The molecule has 3 aromatic rings. The standard InChI is InChI=1S/C19H23N5O2S/c1-3-22-17(26)14-9-4-5-10-15(14)24-18(22)20-21-19(24)27-12-16(25)23-11-7-6-8-13(23)2/h4-5,9-10,13H,3,6-8,11-12H2,1-2H3/t13-/m0/s1. The van der Waals surface area contributed by atoms with Gasteiger partial charge in [0, 0.05) is 19.1 Å². The van der Waals surface area contributed by atoms with Crippen molar-refractivity contribution in [2.24, 2.45) is 0 Å². The molecule has 0 bridgehead atoms. The maximum Gasteiger partial charge on any atom is 0.262 e. The molecule has 7 nitrogen and oxygen atoms in total. The number of carbonyl (C=O) groups excluding carboxylic acids is 1. The summed E-state index contributed by atoms with van der Waals surface area (Å²) < 4.78 is 3.51. The Balaban J connectivity index is 1.70. The molecule has 2 aromatic heterocycles. The van der Waals surface area contributed by atoms with Crippen LogP contribution in [0.1, 0.15) is 33.1 Å². The number of hydrogen-bond acceptors (Lipinski definition) is 5. The van der Waals surface area contributed by atoms with Gasteiger partial charge in [-0.25, -0.2) is 0 Å². The lowest BCUT2D eigenvalue weighted by Gasteiger charge is -2.33. The van der Waals surface area contributed by atoms with E-state index < -0.39 is 0 Å². The molecule has 0 N–H and O–H groups in total. The van der Waals surface area contributed by atoms with Crippen molar-refractivity contribution in [1.29, 1.82) is 0 Å². The summed E-state index contributed by atoms with van der Waals surface area (Å²) in [7, 11) is 0. The number of aryl methyl sites for hydroxylation is 1. The van der Waals surface area contributed by atoms with Crippen molar-refractivity contribution < 1.29 is 4.79 Å². The van der Waals surface area contributed by atoms with E-state index in [0.29, 0.717) is 34.7 Å². The van der Waals surface area contributed by atoms with Gasteiger partial charge < -0.3 is 4.90 Å². The SMILES string of the molecule is CCn1c(=O)c2ccccc2n2c(SCC(=O)N3CCCC[C@@H]3C)nnc12. The van der Waals surface area contributed by atoms with Crippen molar-refractivity contribution in [2.75, 3.05) is 12.3 Å². The minimum absolute atomic E-state index is 0.0669. The Morgan fingerprint density at radius 3 is 2.85 bits per heavy atom. The summed E-state index contributed by atoms with van der Waals surface area (Å²) in [5.41, 5.74) is 0.705. The molecule has 1 saturated heterocycles. The number of rotatable bonds is 4. The molecule has 0 spiro atoms. The van der Waals surface area contributed by atoms with Crippen LogP contribution in [0.4, 0.5) is 0 Å². The van der Waals surface area contributed by atoms with Crippen LogP contribution in [0.3, 0.4) is 0 Å². The largest absolute Gasteiger partial charge is 0.339 e. The first kappa shape index (κ1) is 18.0. The highest BCUT2D eigenvalue weighted by molar-refractivity contribution is 7.99. The maximum absolute atomic E-state index is 12.7. The first-order valence-corrected chi connectivity index (χ1v) is 10.4. The molecule has 0 saturated carbocycles. The highest BCUT2D eigenvalue weighted by atomic mass is 32.2. The third-order valence-electron chi connectivity index (χ3n) is 5.24. The van der Waals surface area contributed by atoms with E-state index in [1.807, 2.05) is 40.5 Å². The molecule has 1 aliphatic rings. The Kier molecular flexibility index (Phi) is 4.90. The summed E-state index contributed by atoms with van der Waals surface area (Å²) in [6, 6.07) is 7.76. The molecule has 0 radical (unpaired) electrons. The molecule has 1 amide bonds. The number of amides is 1. The first-order valence-electron chi connectivity index (χ1n) is 9.40. The number of aromatic nitrogens is 4. The summed E-state index contributed by atoms with van der Waals surface area (Å²) in [5, 5.41) is 9.78. The molecule has 142 valence electrons. The van der Waals surface area contributed by atoms with Crippen molar-refractivity contribution in [3.05, 3.63) is 34.6 Å². The van der Waals surface area contributed by atoms with E-state index in [1.165, 1.54) is 18.2 Å². The van der Waals surface area contributed by atoms with Crippen molar-refractivity contribution in [2.45, 2.75) is 50.9 Å². The van der Waals surface area contributed by atoms with Gasteiger partial charge in [0.25, 0.3) is 5.56 Å². The van der Waals surface area contributed by atoms with Crippen LogP contribution >= 0.6 is 11.8 Å². The quantitative estimate of drug-likeness (QED) is 0.646. The Morgan fingerprint density at radius 1 is 1.26 bits per heavy atom. The number of likely N-dealkylation sites (tertiary alicyclic amines) is 1. The smallest absolute Gasteiger partial charge is 0.262 e. The van der Waals surface area contributed by atoms with Crippen LogP contribution in [0.2, 0.25) is 0 Å². The summed E-state index contributed by atoms with van der Waals surface area (Å²) >= 11 is 1.38. The van der Waals surface area contributed by atoms with Crippen molar-refractivity contribution in [3.63, 3.8) is 0 Å². The predicted octanol–water partition coefficient (Wildman–Crippen LogP) is 2.56. The number of hydrogen-bond donors (Lipinski definition) is 0. The summed E-state index contributed by atoms with van der Waals surface area (Å²) in [5.74, 6) is 0.976. The molecule has 3 heterocycles. The van der Waals surface area contributed by atoms with Crippen LogP contribution in [0.15, 0.2) is 34.2 Å². The average molecular weight is 385 g/mol. The zero-order valence-corrected chi connectivity index (χ0v) is 16.4. The van der Waals surface area contributed by atoms with Gasteiger partial charge in [-0.2, -0.15) is 0 Å². The van der Waals surface area contributed by atoms with Gasteiger partial charge in [-0.05, 0) is 45.2 Å². The molecular weight excluding hydrogens is 362 g/mol. The number of para-hydroxylation sites is 1. The van der Waals surface area contributed by atoms with Crippen LogP contribution in [0.25, 0.3) is 16.7 Å². The topological polar surface area (TPSA) is 72.5 Å². The fourth-order valence-electron chi connectivity index (χ4n) is 3.79. The monoisotopic (exact) mass is 385 g/mol. The van der Waals surface area contributed by atoms with Crippen LogP contribution in [-0.2, 0) is 11.3 Å². The Labute approximate surface area is 161 Å². The van der Waals surface area contributed by atoms with Crippen LogP contribution < -0.4 is 5.56 Å². The highest BCUT2D eigenvalue weighted by Crippen LogP contribution is 2.23. The predicted molar refractivity (Wildman–Crippen MR) is 106 cm³/mol. The fourth-order valence-corrected chi connectivity index (χ4v) is 4.62. The lowest BCUT2D eigenvalue weighted by molar-refractivity contribution is -0.131. The molecule has 1 atom stereocenters. The minimum Gasteiger partial charge on any atom is -0.339 e. The van der Waals surface area contributed by atoms with E-state index in [9.17, 15) is 9.59 Å². The van der Waals surface area contributed by atoms with Crippen LogP contribution in [0, 0.1) is 0 Å². The normalized spacial score (nSPS) is 17.7. The maximum atomic E-state index is 12.7. The van der Waals surface area contributed by atoms with Gasteiger partial charge in [0.05, 0.1) is 16.7 Å². The van der Waals surface area contributed by atoms with Gasteiger partial charge in [-0.15, -0.1) is 10.2 Å². The number of thioether (sulfide) groups is 1. The first-order chi connectivity index (χ1) is 13.1. The molecule has 8 heteroatoms. The van der Waals surface area contributed by atoms with E-state index >= 15 is 0 Å². The van der Waals surface area contributed by atoms with Crippen molar-refractivity contribution >= 4 is 34.3 Å². The second-order valence-electron chi connectivity index (χ2n) is 6.91. The molecule has 4 rings (SSSR count). The zero-order valence-electron chi connectivity index (χ0n) is 15.6. The van der Waals surface area contributed by atoms with Crippen LogP contribution in [-0.4, -0.2) is 48.3 Å². The molecule has 1 fully saturated rings. The van der Waals surface area contributed by atoms with E-state index in [0.717, 1.165) is 24.9 Å². The van der Waals surface area contributed by atoms with E-state index in [4.69, 9.17) is 0 Å². The number of benzene rings is 1. The molecule has 0 aliphatic carbocycles. The number of nitrogens with zero attached hydrogens (tertiary/aromatic N) is 5. The number of carbonyl (C=O) groups is 1. The second-order valence-corrected chi connectivity index (χ2v) is 7.85. The minimum atomic E-state index is -0.0669. The van der Waals surface area contributed by atoms with Crippen LogP contribution in [0.5, 0.6) is 0 Å². The lowest BCUT2D eigenvalue weighted by Crippen LogP contribution is -2.42. The molecule has 0 unspecified atom stereocenters. The molecule has 1 aliphatic heterocycles. The van der Waals surface area contributed by atoms with E-state index in [-0.39, 0.29) is 11.5 Å². The second kappa shape index (κ2) is 7.34. The fraction of sp³-hybridized carbons (Fsp3) is 0.474. The van der Waals surface area contributed by atoms with E-state index in [2.05, 4.69) is 17.1 Å². The van der Waals surface area contributed by atoms with Gasteiger partial charge >= 0.3 is 0 Å². The van der Waals surface area contributed by atoms with E-state index in [1.54, 1.807) is 4.57 Å². The third-order valence-corrected chi connectivity index (χ3v) is 6.16. The lowest BCUT2D eigenvalue weighted by atomic mass is 10.0. The summed E-state index contributed by atoms with van der Waals surface area (Å²) in [6.07, 6.45) is 3.33. The summed E-state index contributed by atoms with van der Waals surface area (Å²) in [6.45, 7) is 5.38. The van der Waals surface area contributed by atoms with Gasteiger partial charge in [-0.3, -0.25) is 18.6 Å².